The molecule has 2 aliphatic carbocycles. The number of halogens is 1. The molecule has 2 saturated carbocycles. The summed E-state index contributed by atoms with van der Waals surface area (Å²) in [6, 6.07) is 0.168. The van der Waals surface area contributed by atoms with Crippen molar-refractivity contribution < 1.29 is 0 Å². The lowest BCUT2D eigenvalue weighted by Crippen LogP contribution is -2.32. The number of hydrazine groups is 1. The molecule has 0 saturated heterocycles. The zero-order valence-corrected chi connectivity index (χ0v) is 11.5. The van der Waals surface area contributed by atoms with Crippen LogP contribution in [0.3, 0.4) is 0 Å². The maximum Gasteiger partial charge on any atom is 0.0834 e. The van der Waals surface area contributed by atoms with Gasteiger partial charge in [-0.25, -0.2) is 0 Å². The molecule has 2 fully saturated rings. The highest BCUT2D eigenvalue weighted by atomic mass is 35.5. The summed E-state index contributed by atoms with van der Waals surface area (Å²) < 4.78 is 2.01. The van der Waals surface area contributed by atoms with Gasteiger partial charge >= 0.3 is 0 Å². The standard InChI is InChI=1S/C13H21ClN4/c1-2-6-18-13(10(14)7-16-18)12(17-15)11-8-4-3-5-9(8)11/h7-9,11-12,17H,2-6,15H2,1H3. The average molecular weight is 269 g/mol. The molecule has 1 heterocycles. The Bertz CT molecular complexity index is 421. The average Bonchev–Trinajstić information content (AvgIpc) is 2.74. The molecule has 3 rings (SSSR count). The summed E-state index contributed by atoms with van der Waals surface area (Å²) in [5.74, 6) is 8.16. The van der Waals surface area contributed by atoms with E-state index in [2.05, 4.69) is 17.4 Å². The van der Waals surface area contributed by atoms with Crippen molar-refractivity contribution in [3.8, 4) is 0 Å². The van der Waals surface area contributed by atoms with E-state index in [4.69, 9.17) is 17.4 Å². The monoisotopic (exact) mass is 268 g/mol. The van der Waals surface area contributed by atoms with Gasteiger partial charge in [0.25, 0.3) is 0 Å². The number of fused-ring (bicyclic) bond motifs is 1. The molecule has 0 radical (unpaired) electrons. The molecule has 5 heteroatoms. The zero-order valence-electron chi connectivity index (χ0n) is 10.8. The van der Waals surface area contributed by atoms with E-state index in [-0.39, 0.29) is 6.04 Å². The van der Waals surface area contributed by atoms with E-state index in [0.29, 0.717) is 5.92 Å². The third kappa shape index (κ3) is 1.87. The predicted molar refractivity (Wildman–Crippen MR) is 71.9 cm³/mol. The first-order valence-electron chi connectivity index (χ1n) is 6.95. The molecule has 0 aromatic carbocycles. The van der Waals surface area contributed by atoms with Gasteiger partial charge in [0.2, 0.25) is 0 Å². The molecule has 3 N–H and O–H groups in total. The third-order valence-electron chi connectivity index (χ3n) is 4.60. The fraction of sp³-hybridized carbons (Fsp3) is 0.769. The van der Waals surface area contributed by atoms with Crippen molar-refractivity contribution in [1.29, 1.82) is 0 Å². The summed E-state index contributed by atoms with van der Waals surface area (Å²) >= 11 is 6.30. The summed E-state index contributed by atoms with van der Waals surface area (Å²) in [6.45, 7) is 3.05. The number of hydrogen-bond donors (Lipinski definition) is 2. The topological polar surface area (TPSA) is 55.9 Å². The largest absolute Gasteiger partial charge is 0.271 e. The second-order valence-corrected chi connectivity index (χ2v) is 5.99. The van der Waals surface area contributed by atoms with E-state index >= 15 is 0 Å². The molecule has 18 heavy (non-hydrogen) atoms. The van der Waals surface area contributed by atoms with E-state index in [0.717, 1.165) is 35.5 Å². The van der Waals surface area contributed by atoms with E-state index in [1.807, 2.05) is 4.68 Å². The second kappa shape index (κ2) is 4.83. The predicted octanol–water partition coefficient (Wildman–Crippen LogP) is 2.50. The molecule has 3 unspecified atom stereocenters. The SMILES string of the molecule is CCCn1ncc(Cl)c1C(NN)C1C2CCCC21. The van der Waals surface area contributed by atoms with Crippen molar-refractivity contribution in [2.24, 2.45) is 23.6 Å². The Hall–Kier alpha value is -0.580. The Labute approximate surface area is 113 Å². The number of rotatable bonds is 5. The van der Waals surface area contributed by atoms with Gasteiger partial charge < -0.3 is 0 Å². The van der Waals surface area contributed by atoms with Crippen LogP contribution in [0.15, 0.2) is 6.20 Å². The van der Waals surface area contributed by atoms with Crippen LogP contribution in [0.4, 0.5) is 0 Å². The second-order valence-electron chi connectivity index (χ2n) is 5.58. The number of nitrogens with one attached hydrogen (secondary N) is 1. The van der Waals surface area contributed by atoms with Crippen LogP contribution in [0.5, 0.6) is 0 Å². The van der Waals surface area contributed by atoms with E-state index in [1.165, 1.54) is 19.3 Å². The van der Waals surface area contributed by atoms with Gasteiger partial charge in [-0.15, -0.1) is 0 Å². The zero-order chi connectivity index (χ0) is 12.7. The van der Waals surface area contributed by atoms with Crippen LogP contribution < -0.4 is 11.3 Å². The molecule has 0 aliphatic heterocycles. The molecule has 4 nitrogen and oxygen atoms in total. The normalized spacial score (nSPS) is 31.4. The lowest BCUT2D eigenvalue weighted by molar-refractivity contribution is 0.393. The van der Waals surface area contributed by atoms with Gasteiger partial charge in [0.1, 0.15) is 0 Å². The highest BCUT2D eigenvalue weighted by Crippen LogP contribution is 2.62. The number of nitrogens with two attached hydrogens (primary N) is 1. The molecule has 1 aromatic heterocycles. The maximum atomic E-state index is 6.30. The van der Waals surface area contributed by atoms with Crippen LogP contribution in [-0.2, 0) is 6.54 Å². The van der Waals surface area contributed by atoms with Crippen molar-refractivity contribution in [2.45, 2.75) is 45.2 Å². The minimum absolute atomic E-state index is 0.168. The van der Waals surface area contributed by atoms with Crippen LogP contribution in [0.25, 0.3) is 0 Å². The lowest BCUT2D eigenvalue weighted by Gasteiger charge is -2.20. The molecule has 0 bridgehead atoms. The fourth-order valence-electron chi connectivity index (χ4n) is 3.81. The first-order chi connectivity index (χ1) is 8.77. The van der Waals surface area contributed by atoms with Crippen LogP contribution in [-0.4, -0.2) is 9.78 Å². The van der Waals surface area contributed by atoms with Crippen LogP contribution in [0, 0.1) is 17.8 Å². The Morgan fingerprint density at radius 3 is 2.89 bits per heavy atom. The summed E-state index contributed by atoms with van der Waals surface area (Å²) in [7, 11) is 0. The maximum absolute atomic E-state index is 6.30. The Balaban J connectivity index is 1.85. The summed E-state index contributed by atoms with van der Waals surface area (Å²) in [5, 5.41) is 5.11. The van der Waals surface area contributed by atoms with Gasteiger partial charge in [-0.3, -0.25) is 16.0 Å². The Morgan fingerprint density at radius 1 is 1.56 bits per heavy atom. The number of aromatic nitrogens is 2. The van der Waals surface area contributed by atoms with Crippen molar-refractivity contribution >= 4 is 11.6 Å². The number of aryl methyl sites for hydroxylation is 1. The van der Waals surface area contributed by atoms with E-state index in [9.17, 15) is 0 Å². The molecule has 0 spiro atoms. The van der Waals surface area contributed by atoms with Crippen LogP contribution in [0.2, 0.25) is 5.02 Å². The molecular weight excluding hydrogens is 248 g/mol. The molecule has 1 aromatic rings. The first kappa shape index (κ1) is 12.5. The van der Waals surface area contributed by atoms with Gasteiger partial charge in [0, 0.05) is 6.54 Å². The van der Waals surface area contributed by atoms with Crippen molar-refractivity contribution in [2.75, 3.05) is 0 Å². The molecular formula is C13H21ClN4. The Morgan fingerprint density at radius 2 is 2.28 bits per heavy atom. The third-order valence-corrected chi connectivity index (χ3v) is 4.89. The van der Waals surface area contributed by atoms with Gasteiger partial charge in [0.15, 0.2) is 0 Å². The summed E-state index contributed by atoms with van der Waals surface area (Å²) in [4.78, 5) is 0. The number of hydrogen-bond acceptors (Lipinski definition) is 3. The molecule has 100 valence electrons. The fourth-order valence-corrected chi connectivity index (χ4v) is 4.07. The van der Waals surface area contributed by atoms with Gasteiger partial charge in [0.05, 0.1) is 23.0 Å². The molecule has 2 aliphatic rings. The first-order valence-corrected chi connectivity index (χ1v) is 7.33. The van der Waals surface area contributed by atoms with Crippen molar-refractivity contribution in [1.82, 2.24) is 15.2 Å². The van der Waals surface area contributed by atoms with Gasteiger partial charge in [-0.1, -0.05) is 24.9 Å². The lowest BCUT2D eigenvalue weighted by atomic mass is 10.0. The van der Waals surface area contributed by atoms with Crippen LogP contribution >= 0.6 is 11.6 Å². The van der Waals surface area contributed by atoms with Crippen molar-refractivity contribution in [3.05, 3.63) is 16.9 Å². The molecule has 0 amide bonds. The minimum Gasteiger partial charge on any atom is -0.271 e. The Kier molecular flexibility index (Phi) is 3.34. The quantitative estimate of drug-likeness (QED) is 0.637. The van der Waals surface area contributed by atoms with E-state index < -0.39 is 0 Å². The smallest absolute Gasteiger partial charge is 0.0834 e. The summed E-state index contributed by atoms with van der Waals surface area (Å²) in [6.07, 6.45) is 6.89. The minimum atomic E-state index is 0.168. The highest BCUT2D eigenvalue weighted by molar-refractivity contribution is 6.31. The summed E-state index contributed by atoms with van der Waals surface area (Å²) in [5.41, 5.74) is 4.07. The number of nitrogens with zero attached hydrogens (tertiary/aromatic N) is 2. The van der Waals surface area contributed by atoms with Crippen LogP contribution in [0.1, 0.15) is 44.3 Å². The van der Waals surface area contributed by atoms with Gasteiger partial charge in [-0.05, 0) is 37.0 Å². The highest BCUT2D eigenvalue weighted by Gasteiger charge is 2.56. The van der Waals surface area contributed by atoms with Gasteiger partial charge in [-0.2, -0.15) is 5.10 Å². The van der Waals surface area contributed by atoms with Crippen molar-refractivity contribution in [3.63, 3.8) is 0 Å². The molecule has 3 atom stereocenters. The van der Waals surface area contributed by atoms with E-state index in [1.54, 1.807) is 6.20 Å².